The highest BCUT2D eigenvalue weighted by Gasteiger charge is 2.05. The molecule has 1 rings (SSSR count). The van der Waals surface area contributed by atoms with E-state index in [0.717, 1.165) is 13.1 Å². The summed E-state index contributed by atoms with van der Waals surface area (Å²) in [6.45, 7) is 11.0. The standard InChI is InChI=1S/C15H24N4/c1-4-10-17-15(16)18-11-12-19(5-2)14-9-7-6-8-13(14)3/h4,6-9H,1,5,10-12H2,2-3H3,(H3,16,17,18). The molecule has 4 nitrogen and oxygen atoms in total. The molecule has 104 valence electrons. The summed E-state index contributed by atoms with van der Waals surface area (Å²) in [6, 6.07) is 8.39. The van der Waals surface area contributed by atoms with Gasteiger partial charge < -0.3 is 16.0 Å². The van der Waals surface area contributed by atoms with Crippen LogP contribution in [0.15, 0.2) is 41.9 Å². The first kappa shape index (κ1) is 15.1. The summed E-state index contributed by atoms with van der Waals surface area (Å²) in [6.07, 6.45) is 1.76. The van der Waals surface area contributed by atoms with Gasteiger partial charge in [-0.3, -0.25) is 4.99 Å². The highest BCUT2D eigenvalue weighted by atomic mass is 15.2. The van der Waals surface area contributed by atoms with Gasteiger partial charge in [-0.25, -0.2) is 0 Å². The molecule has 0 aliphatic rings. The second-order valence-corrected chi connectivity index (χ2v) is 4.30. The van der Waals surface area contributed by atoms with Crippen molar-refractivity contribution < 1.29 is 0 Å². The molecule has 0 saturated carbocycles. The van der Waals surface area contributed by atoms with E-state index >= 15 is 0 Å². The Bertz CT molecular complexity index is 426. The average molecular weight is 260 g/mol. The van der Waals surface area contributed by atoms with Crippen LogP contribution in [0.3, 0.4) is 0 Å². The Morgan fingerprint density at radius 2 is 2.21 bits per heavy atom. The predicted molar refractivity (Wildman–Crippen MR) is 83.8 cm³/mol. The molecule has 0 radical (unpaired) electrons. The Kier molecular flexibility index (Phi) is 6.50. The minimum Gasteiger partial charge on any atom is -0.370 e. The minimum absolute atomic E-state index is 0.473. The molecule has 0 bridgehead atoms. The number of guanidine groups is 1. The molecular formula is C15H24N4. The number of hydrogen-bond acceptors (Lipinski definition) is 2. The van der Waals surface area contributed by atoms with Crippen LogP contribution in [0.2, 0.25) is 0 Å². The molecule has 0 atom stereocenters. The van der Waals surface area contributed by atoms with Gasteiger partial charge in [-0.15, -0.1) is 6.58 Å². The number of rotatable bonds is 7. The molecule has 0 heterocycles. The molecule has 3 N–H and O–H groups in total. The lowest BCUT2D eigenvalue weighted by molar-refractivity contribution is 0.809. The van der Waals surface area contributed by atoms with Crippen LogP contribution in [0.25, 0.3) is 0 Å². The lowest BCUT2D eigenvalue weighted by Gasteiger charge is -2.24. The highest BCUT2D eigenvalue weighted by Crippen LogP contribution is 2.18. The van der Waals surface area contributed by atoms with Crippen LogP contribution in [-0.2, 0) is 0 Å². The molecule has 0 amide bonds. The summed E-state index contributed by atoms with van der Waals surface area (Å²) in [5.41, 5.74) is 8.27. The number of anilines is 1. The number of nitrogens with one attached hydrogen (secondary N) is 1. The maximum Gasteiger partial charge on any atom is 0.188 e. The van der Waals surface area contributed by atoms with E-state index in [4.69, 9.17) is 5.73 Å². The molecule has 4 heteroatoms. The zero-order valence-electron chi connectivity index (χ0n) is 11.9. The van der Waals surface area contributed by atoms with Gasteiger partial charge in [0.25, 0.3) is 0 Å². The predicted octanol–water partition coefficient (Wildman–Crippen LogP) is 1.91. The van der Waals surface area contributed by atoms with E-state index in [2.05, 4.69) is 59.9 Å². The SMILES string of the molecule is C=CCNC(N)=NCCN(CC)c1ccccc1C. The number of nitrogens with zero attached hydrogens (tertiary/aromatic N) is 2. The van der Waals surface area contributed by atoms with Crippen LogP contribution in [-0.4, -0.2) is 32.1 Å². The fraction of sp³-hybridized carbons (Fsp3) is 0.400. The number of aryl methyl sites for hydroxylation is 1. The zero-order chi connectivity index (χ0) is 14.1. The third-order valence-electron chi connectivity index (χ3n) is 2.92. The van der Waals surface area contributed by atoms with Gasteiger partial charge in [-0.1, -0.05) is 24.3 Å². The van der Waals surface area contributed by atoms with E-state index in [1.54, 1.807) is 6.08 Å². The molecule has 1 aromatic carbocycles. The maximum atomic E-state index is 5.73. The van der Waals surface area contributed by atoms with Crippen LogP contribution < -0.4 is 16.0 Å². The van der Waals surface area contributed by atoms with Gasteiger partial charge in [0, 0.05) is 25.3 Å². The third-order valence-corrected chi connectivity index (χ3v) is 2.92. The fourth-order valence-corrected chi connectivity index (χ4v) is 1.89. The molecule has 0 aliphatic heterocycles. The summed E-state index contributed by atoms with van der Waals surface area (Å²) in [4.78, 5) is 6.60. The van der Waals surface area contributed by atoms with E-state index in [-0.39, 0.29) is 0 Å². The smallest absolute Gasteiger partial charge is 0.188 e. The fourth-order valence-electron chi connectivity index (χ4n) is 1.89. The first-order valence-electron chi connectivity index (χ1n) is 6.64. The van der Waals surface area contributed by atoms with Crippen LogP contribution in [0.5, 0.6) is 0 Å². The number of likely N-dealkylation sites (N-methyl/N-ethyl adjacent to an activating group) is 1. The van der Waals surface area contributed by atoms with Crippen LogP contribution in [0, 0.1) is 6.92 Å². The lowest BCUT2D eigenvalue weighted by Crippen LogP contribution is -2.33. The first-order chi connectivity index (χ1) is 9.19. The van der Waals surface area contributed by atoms with Gasteiger partial charge in [0.15, 0.2) is 5.96 Å². The molecule has 0 fully saturated rings. The largest absolute Gasteiger partial charge is 0.370 e. The minimum atomic E-state index is 0.473. The summed E-state index contributed by atoms with van der Waals surface area (Å²) in [5, 5.41) is 2.97. The Morgan fingerprint density at radius 3 is 2.84 bits per heavy atom. The Balaban J connectivity index is 2.54. The van der Waals surface area contributed by atoms with Crippen molar-refractivity contribution >= 4 is 11.6 Å². The van der Waals surface area contributed by atoms with E-state index in [9.17, 15) is 0 Å². The summed E-state index contributed by atoms with van der Waals surface area (Å²) < 4.78 is 0. The Hall–Kier alpha value is -1.97. The van der Waals surface area contributed by atoms with Gasteiger partial charge in [0.2, 0.25) is 0 Å². The van der Waals surface area contributed by atoms with Crippen molar-refractivity contribution in [3.63, 3.8) is 0 Å². The molecule has 0 aromatic heterocycles. The van der Waals surface area contributed by atoms with Gasteiger partial charge in [0.05, 0.1) is 6.54 Å². The number of nitrogens with two attached hydrogens (primary N) is 1. The number of para-hydroxylation sites is 1. The number of hydrogen-bond donors (Lipinski definition) is 2. The van der Waals surface area contributed by atoms with E-state index in [1.807, 2.05) is 0 Å². The van der Waals surface area contributed by atoms with Crippen molar-refractivity contribution in [2.24, 2.45) is 10.7 Å². The topological polar surface area (TPSA) is 53.6 Å². The third kappa shape index (κ3) is 5.04. The molecular weight excluding hydrogens is 236 g/mol. The van der Waals surface area contributed by atoms with Crippen molar-refractivity contribution in [1.82, 2.24) is 5.32 Å². The van der Waals surface area contributed by atoms with Crippen LogP contribution in [0.4, 0.5) is 5.69 Å². The summed E-state index contributed by atoms with van der Waals surface area (Å²) in [5.74, 6) is 0.473. The molecule has 0 spiro atoms. The lowest BCUT2D eigenvalue weighted by atomic mass is 10.2. The van der Waals surface area contributed by atoms with Gasteiger partial charge in [-0.2, -0.15) is 0 Å². The van der Waals surface area contributed by atoms with Crippen molar-refractivity contribution in [1.29, 1.82) is 0 Å². The normalized spacial score (nSPS) is 11.2. The van der Waals surface area contributed by atoms with Crippen molar-refractivity contribution in [3.8, 4) is 0 Å². The van der Waals surface area contributed by atoms with Crippen molar-refractivity contribution in [2.75, 3.05) is 31.1 Å². The average Bonchev–Trinajstić information content (AvgIpc) is 2.42. The van der Waals surface area contributed by atoms with Crippen molar-refractivity contribution in [3.05, 3.63) is 42.5 Å². The molecule has 0 aliphatic carbocycles. The maximum absolute atomic E-state index is 5.73. The number of benzene rings is 1. The Labute approximate surface area is 116 Å². The molecule has 0 saturated heterocycles. The van der Waals surface area contributed by atoms with E-state index in [1.165, 1.54) is 11.3 Å². The van der Waals surface area contributed by atoms with E-state index in [0.29, 0.717) is 19.0 Å². The van der Waals surface area contributed by atoms with Crippen LogP contribution >= 0.6 is 0 Å². The Morgan fingerprint density at radius 1 is 1.47 bits per heavy atom. The number of aliphatic imine (C=N–C) groups is 1. The monoisotopic (exact) mass is 260 g/mol. The van der Waals surface area contributed by atoms with Gasteiger partial charge in [-0.05, 0) is 25.5 Å². The highest BCUT2D eigenvalue weighted by molar-refractivity contribution is 5.77. The second kappa shape index (κ2) is 8.19. The first-order valence-corrected chi connectivity index (χ1v) is 6.64. The van der Waals surface area contributed by atoms with Crippen LogP contribution in [0.1, 0.15) is 12.5 Å². The summed E-state index contributed by atoms with van der Waals surface area (Å²) >= 11 is 0. The molecule has 19 heavy (non-hydrogen) atoms. The zero-order valence-corrected chi connectivity index (χ0v) is 11.9. The van der Waals surface area contributed by atoms with Gasteiger partial charge >= 0.3 is 0 Å². The quantitative estimate of drug-likeness (QED) is 0.447. The molecule has 1 aromatic rings. The second-order valence-electron chi connectivity index (χ2n) is 4.30. The van der Waals surface area contributed by atoms with Gasteiger partial charge in [0.1, 0.15) is 0 Å². The summed E-state index contributed by atoms with van der Waals surface area (Å²) in [7, 11) is 0. The van der Waals surface area contributed by atoms with Crippen molar-refractivity contribution in [2.45, 2.75) is 13.8 Å². The van der Waals surface area contributed by atoms with E-state index < -0.39 is 0 Å². The molecule has 0 unspecified atom stereocenters.